The highest BCUT2D eigenvalue weighted by molar-refractivity contribution is 6.67. The van der Waals surface area contributed by atoms with Crippen LogP contribution in [0, 0.1) is 0 Å². The Morgan fingerprint density at radius 1 is 0.579 bits per heavy atom. The molecule has 0 amide bonds. The van der Waals surface area contributed by atoms with Gasteiger partial charge >= 0.3 is 0 Å². The lowest BCUT2D eigenvalue weighted by molar-refractivity contribution is -0.111. The Kier molecular flexibility index (Phi) is 10.0. The predicted octanol–water partition coefficient (Wildman–Crippen LogP) is 7.29. The summed E-state index contributed by atoms with van der Waals surface area (Å²) in [6.07, 6.45) is 0. The summed E-state index contributed by atoms with van der Waals surface area (Å²) in [6, 6.07) is 21.0. The van der Waals surface area contributed by atoms with Gasteiger partial charge in [0.2, 0.25) is 0 Å². The molecule has 0 fully saturated rings. The van der Waals surface area contributed by atoms with Gasteiger partial charge in [-0.25, -0.2) is 9.98 Å². The molecule has 3 aromatic carbocycles. The van der Waals surface area contributed by atoms with E-state index in [2.05, 4.69) is 31.0 Å². The van der Waals surface area contributed by atoms with Crippen LogP contribution < -0.4 is 10.9 Å². The first kappa shape index (κ1) is 28.4. The van der Waals surface area contributed by atoms with Crippen LogP contribution in [-0.4, -0.2) is 34.4 Å². The first-order valence-corrected chi connectivity index (χ1v) is 12.3. The molecule has 0 aliphatic rings. The summed E-state index contributed by atoms with van der Waals surface area (Å²) < 4.78 is 0. The average molecular weight is 549 g/mol. The lowest BCUT2D eigenvalue weighted by atomic mass is 10.1. The van der Waals surface area contributed by atoms with Gasteiger partial charge in [-0.3, -0.25) is 20.4 Å². The van der Waals surface area contributed by atoms with Crippen molar-refractivity contribution in [1.29, 1.82) is 0 Å². The number of Topliss-reactive ketones (excluding diaryl/α,β-unsaturated/α-hetero) is 2. The number of benzene rings is 3. The van der Waals surface area contributed by atoms with Gasteiger partial charge < -0.3 is 0 Å². The number of ketones is 2. The molecule has 3 aromatic rings. The lowest BCUT2D eigenvalue weighted by Gasteiger charge is -2.08. The molecule has 194 valence electrons. The molecule has 0 saturated carbocycles. The fourth-order valence-electron chi connectivity index (χ4n) is 3.24. The molecular weight excluding hydrogens is 523 g/mol. The zero-order valence-corrected chi connectivity index (χ0v) is 22.8. The van der Waals surface area contributed by atoms with Crippen molar-refractivity contribution < 1.29 is 9.59 Å². The smallest absolute Gasteiger partial charge is 0.181 e. The van der Waals surface area contributed by atoms with E-state index in [4.69, 9.17) is 23.2 Å². The van der Waals surface area contributed by atoms with Gasteiger partial charge in [-0.1, -0.05) is 35.3 Å². The summed E-state index contributed by atoms with van der Waals surface area (Å²) in [5, 5.41) is 9.68. The first-order chi connectivity index (χ1) is 18.1. The minimum absolute atomic E-state index is 0.161. The second kappa shape index (κ2) is 13.4. The van der Waals surface area contributed by atoms with Gasteiger partial charge in [0.15, 0.2) is 11.6 Å². The maximum atomic E-state index is 12.3. The first-order valence-electron chi connectivity index (χ1n) is 11.5. The fourth-order valence-corrected chi connectivity index (χ4v) is 3.49. The second-order valence-corrected chi connectivity index (χ2v) is 9.03. The highest BCUT2D eigenvalue weighted by Gasteiger charge is 2.14. The maximum absolute atomic E-state index is 12.3. The Hall–Kier alpha value is -4.14. The number of anilines is 2. The highest BCUT2D eigenvalue weighted by atomic mass is 35.5. The van der Waals surface area contributed by atoms with Gasteiger partial charge in [0.05, 0.1) is 34.2 Å². The molecule has 0 bridgehead atoms. The van der Waals surface area contributed by atoms with Crippen molar-refractivity contribution in [3.05, 3.63) is 82.8 Å². The van der Waals surface area contributed by atoms with Crippen LogP contribution >= 0.6 is 23.2 Å². The highest BCUT2D eigenvalue weighted by Crippen LogP contribution is 2.28. The number of aliphatic imine (C=N–C) groups is 2. The summed E-state index contributed by atoms with van der Waals surface area (Å²) in [4.78, 5) is 33.9. The number of carbonyl (C=O) groups excluding carboxylic acids is 2. The normalized spacial score (nSPS) is 12.8. The largest absolute Gasteiger partial charge is 0.293 e. The van der Waals surface area contributed by atoms with E-state index >= 15 is 0 Å². The molecule has 8 nitrogen and oxygen atoms in total. The molecule has 38 heavy (non-hydrogen) atoms. The van der Waals surface area contributed by atoms with E-state index in [1.165, 1.54) is 13.8 Å². The third-order valence-electron chi connectivity index (χ3n) is 5.09. The van der Waals surface area contributed by atoms with E-state index in [1.54, 1.807) is 86.6 Å². The molecule has 0 heterocycles. The molecule has 0 atom stereocenters. The Morgan fingerprint density at radius 3 is 1.24 bits per heavy atom. The van der Waals surface area contributed by atoms with Crippen molar-refractivity contribution in [3.8, 4) is 0 Å². The Morgan fingerprint density at radius 2 is 0.921 bits per heavy atom. The summed E-state index contributed by atoms with van der Waals surface area (Å²) in [6.45, 7) is 6.21. The van der Waals surface area contributed by atoms with Gasteiger partial charge in [0, 0.05) is 23.9 Å². The van der Waals surface area contributed by atoms with Crippen molar-refractivity contribution >= 4 is 80.4 Å². The van der Waals surface area contributed by atoms with Crippen molar-refractivity contribution in [2.45, 2.75) is 27.7 Å². The predicted molar refractivity (Wildman–Crippen MR) is 158 cm³/mol. The summed E-state index contributed by atoms with van der Waals surface area (Å²) >= 11 is 11.8. The molecular formula is C28H26Cl2N6O2. The summed E-state index contributed by atoms with van der Waals surface area (Å²) in [7, 11) is 0. The minimum atomic E-state index is -0.260. The second-order valence-electron chi connectivity index (χ2n) is 8.15. The molecule has 2 N–H and O–H groups in total. The molecule has 0 saturated heterocycles. The summed E-state index contributed by atoms with van der Waals surface area (Å²) in [5.74, 6) is -0.520. The van der Waals surface area contributed by atoms with E-state index in [0.29, 0.717) is 44.2 Å². The molecule has 10 heteroatoms. The minimum Gasteiger partial charge on any atom is -0.293 e. The number of rotatable bonds is 10. The van der Waals surface area contributed by atoms with E-state index in [-0.39, 0.29) is 23.0 Å². The van der Waals surface area contributed by atoms with Crippen LogP contribution in [0.15, 0.2) is 93.0 Å². The van der Waals surface area contributed by atoms with Crippen molar-refractivity contribution in [2.75, 3.05) is 10.9 Å². The van der Waals surface area contributed by atoms with Crippen molar-refractivity contribution in [1.82, 2.24) is 0 Å². The van der Waals surface area contributed by atoms with Crippen LogP contribution in [0.4, 0.5) is 22.7 Å². The number of carbonyl (C=O) groups is 2. The number of hydrogen-bond donors (Lipinski definition) is 2. The molecule has 0 unspecified atom stereocenters. The van der Waals surface area contributed by atoms with E-state index in [0.717, 1.165) is 0 Å². The van der Waals surface area contributed by atoms with Gasteiger partial charge in [0.1, 0.15) is 11.4 Å². The van der Waals surface area contributed by atoms with Gasteiger partial charge in [-0.05, 0) is 74.5 Å². The number of para-hydroxylation sites is 2. The molecule has 0 aromatic heterocycles. The number of hydrazone groups is 2. The van der Waals surface area contributed by atoms with Gasteiger partial charge in [-0.2, -0.15) is 10.2 Å². The average Bonchev–Trinajstić information content (AvgIpc) is 2.87. The third-order valence-corrected chi connectivity index (χ3v) is 5.60. The van der Waals surface area contributed by atoms with Crippen LogP contribution in [0.25, 0.3) is 0 Å². The Labute approximate surface area is 231 Å². The molecule has 0 aliphatic heterocycles. The monoisotopic (exact) mass is 548 g/mol. The van der Waals surface area contributed by atoms with Crippen LogP contribution in [0.5, 0.6) is 0 Å². The topological polar surface area (TPSA) is 108 Å². The molecule has 0 aliphatic carbocycles. The zero-order valence-electron chi connectivity index (χ0n) is 21.3. The quantitative estimate of drug-likeness (QED) is 0.204. The number of nitrogens with one attached hydrogen (secondary N) is 2. The number of halogens is 2. The molecule has 0 radical (unpaired) electrons. The lowest BCUT2D eigenvalue weighted by Crippen LogP contribution is -2.21. The van der Waals surface area contributed by atoms with E-state index < -0.39 is 0 Å². The van der Waals surface area contributed by atoms with Crippen LogP contribution in [-0.2, 0) is 9.59 Å². The van der Waals surface area contributed by atoms with Crippen LogP contribution in [0.1, 0.15) is 27.7 Å². The zero-order chi connectivity index (χ0) is 27.7. The number of nitrogens with zero attached hydrogens (tertiary/aromatic N) is 4. The molecule has 3 rings (SSSR count). The SMILES string of the molecule is CC(=O)/C(=N\Nc1ccc(Cl)cc1)C(C)=Nc1ccccc1N=C(C)/C(=N/Nc1ccc(Cl)cc1)C(C)=O. The van der Waals surface area contributed by atoms with Crippen molar-refractivity contribution in [3.63, 3.8) is 0 Å². The van der Waals surface area contributed by atoms with E-state index in [1.807, 2.05) is 0 Å². The Bertz CT molecular complexity index is 1330. The van der Waals surface area contributed by atoms with Crippen LogP contribution in [0.2, 0.25) is 10.0 Å². The summed E-state index contributed by atoms with van der Waals surface area (Å²) in [5.41, 5.74) is 9.16. The maximum Gasteiger partial charge on any atom is 0.181 e. The molecule has 0 spiro atoms. The van der Waals surface area contributed by atoms with Crippen LogP contribution in [0.3, 0.4) is 0 Å². The van der Waals surface area contributed by atoms with E-state index in [9.17, 15) is 9.59 Å². The fraction of sp³-hybridized carbons (Fsp3) is 0.143. The van der Waals surface area contributed by atoms with Gasteiger partial charge in [-0.15, -0.1) is 0 Å². The Balaban J connectivity index is 1.90. The number of hydrogen-bond acceptors (Lipinski definition) is 8. The third kappa shape index (κ3) is 8.19. The van der Waals surface area contributed by atoms with Crippen molar-refractivity contribution in [2.24, 2.45) is 20.2 Å². The van der Waals surface area contributed by atoms with Gasteiger partial charge in [0.25, 0.3) is 0 Å². The standard InChI is InChI=1S/C28H26Cl2N6O2/c1-17(27(19(3)37)35-33-23-13-9-21(29)10-14-23)31-25-7-5-6-8-26(25)32-18(2)28(20(4)38)36-34-24-15-11-22(30)12-16-24/h5-16,33-34H,1-4H3/b31-17?,32-18?,35-27-,36-28-.